The fourth-order valence-corrected chi connectivity index (χ4v) is 1.63. The Morgan fingerprint density at radius 1 is 1.21 bits per heavy atom. The highest BCUT2D eigenvalue weighted by molar-refractivity contribution is 5.70. The first-order chi connectivity index (χ1) is 8.91. The minimum Gasteiger partial charge on any atom is -0.456 e. The third-order valence-corrected chi connectivity index (χ3v) is 2.45. The summed E-state index contributed by atoms with van der Waals surface area (Å²) in [6.07, 6.45) is -4.21. The second-order valence-electron chi connectivity index (χ2n) is 3.76. The number of pyridine rings is 1. The zero-order valence-corrected chi connectivity index (χ0v) is 9.48. The van der Waals surface area contributed by atoms with Gasteiger partial charge in [-0.05, 0) is 18.2 Å². The Morgan fingerprint density at radius 3 is 2.53 bits per heavy atom. The molecule has 2 aromatic heterocycles. The van der Waals surface area contributed by atoms with Crippen LogP contribution in [0.2, 0.25) is 0 Å². The second-order valence-corrected chi connectivity index (χ2v) is 3.76. The first kappa shape index (κ1) is 13.1. The van der Waals surface area contributed by atoms with Crippen LogP contribution in [0.4, 0.5) is 13.2 Å². The number of furan rings is 1. The molecule has 0 fully saturated rings. The Balaban J connectivity index is 2.44. The number of nitrogens with zero attached hydrogens (tertiary/aromatic N) is 1. The van der Waals surface area contributed by atoms with Crippen molar-refractivity contribution >= 4 is 6.29 Å². The Morgan fingerprint density at radius 2 is 1.95 bits per heavy atom. The van der Waals surface area contributed by atoms with Crippen molar-refractivity contribution in [3.8, 4) is 0 Å². The molecule has 0 aliphatic carbocycles. The van der Waals surface area contributed by atoms with Gasteiger partial charge in [0.25, 0.3) is 5.56 Å². The molecular weight excluding hydrogens is 263 g/mol. The standard InChI is InChI=1S/C12H8F3NO3/c13-12(14,15)10-2-1-3-11(18)16(10)6-8-4-5-9(7-17)19-8/h1-5,7H,6H2. The van der Waals surface area contributed by atoms with E-state index in [0.717, 1.165) is 18.2 Å². The number of aldehydes is 1. The predicted octanol–water partition coefficient (Wildman–Crippen LogP) is 2.32. The molecule has 7 heteroatoms. The van der Waals surface area contributed by atoms with Crippen LogP contribution >= 0.6 is 0 Å². The third kappa shape index (κ3) is 2.75. The van der Waals surface area contributed by atoms with Gasteiger partial charge in [0.15, 0.2) is 12.0 Å². The molecule has 0 bridgehead atoms. The lowest BCUT2D eigenvalue weighted by molar-refractivity contribution is -0.144. The normalized spacial score (nSPS) is 11.5. The van der Waals surface area contributed by atoms with Crippen molar-refractivity contribution in [3.63, 3.8) is 0 Å². The lowest BCUT2D eigenvalue weighted by atomic mass is 10.3. The minimum absolute atomic E-state index is 0.00691. The molecule has 2 aromatic rings. The summed E-state index contributed by atoms with van der Waals surface area (Å²) in [5.41, 5.74) is -1.86. The monoisotopic (exact) mass is 271 g/mol. The van der Waals surface area contributed by atoms with E-state index in [9.17, 15) is 22.8 Å². The van der Waals surface area contributed by atoms with Crippen LogP contribution in [0, 0.1) is 0 Å². The van der Waals surface area contributed by atoms with Crippen LogP contribution in [0.3, 0.4) is 0 Å². The molecule has 0 aliphatic rings. The molecule has 0 unspecified atom stereocenters. The maximum absolute atomic E-state index is 12.8. The van der Waals surface area contributed by atoms with Gasteiger partial charge >= 0.3 is 6.18 Å². The molecule has 0 aliphatic heterocycles. The van der Waals surface area contributed by atoms with Crippen LogP contribution in [0.25, 0.3) is 0 Å². The highest BCUT2D eigenvalue weighted by atomic mass is 19.4. The van der Waals surface area contributed by atoms with Gasteiger partial charge in [0.1, 0.15) is 11.5 Å². The molecule has 0 amide bonds. The average molecular weight is 271 g/mol. The smallest absolute Gasteiger partial charge is 0.431 e. The number of hydrogen-bond donors (Lipinski definition) is 0. The lowest BCUT2D eigenvalue weighted by Gasteiger charge is -2.13. The highest BCUT2D eigenvalue weighted by Crippen LogP contribution is 2.28. The van der Waals surface area contributed by atoms with Crippen molar-refractivity contribution in [3.05, 3.63) is 57.9 Å². The SMILES string of the molecule is O=Cc1ccc(Cn2c(C(F)(F)F)cccc2=O)o1. The second kappa shape index (κ2) is 4.75. The maximum atomic E-state index is 12.8. The number of hydrogen-bond acceptors (Lipinski definition) is 3. The Labute approximate surface area is 105 Å². The van der Waals surface area contributed by atoms with Crippen molar-refractivity contribution < 1.29 is 22.4 Å². The summed E-state index contributed by atoms with van der Waals surface area (Å²) in [5.74, 6) is 0.0911. The number of rotatable bonds is 3. The number of aromatic nitrogens is 1. The first-order valence-corrected chi connectivity index (χ1v) is 5.23. The van der Waals surface area contributed by atoms with Crippen LogP contribution in [0.5, 0.6) is 0 Å². The highest BCUT2D eigenvalue weighted by Gasteiger charge is 2.34. The predicted molar refractivity (Wildman–Crippen MR) is 58.9 cm³/mol. The molecule has 100 valence electrons. The summed E-state index contributed by atoms with van der Waals surface area (Å²) in [5, 5.41) is 0. The lowest BCUT2D eigenvalue weighted by Crippen LogP contribution is -2.27. The van der Waals surface area contributed by atoms with Gasteiger partial charge in [0.05, 0.1) is 6.54 Å². The largest absolute Gasteiger partial charge is 0.456 e. The van der Waals surface area contributed by atoms with Gasteiger partial charge in [-0.25, -0.2) is 0 Å². The number of carbonyl (C=O) groups excluding carboxylic acids is 1. The summed E-state index contributed by atoms with van der Waals surface area (Å²) < 4.78 is 43.8. The summed E-state index contributed by atoms with van der Waals surface area (Å²) in [7, 11) is 0. The van der Waals surface area contributed by atoms with Crippen LogP contribution in [0.15, 0.2) is 39.5 Å². The van der Waals surface area contributed by atoms with Crippen LogP contribution in [0.1, 0.15) is 22.0 Å². The summed E-state index contributed by atoms with van der Waals surface area (Å²) in [4.78, 5) is 21.9. The molecule has 19 heavy (non-hydrogen) atoms. The fraction of sp³-hybridized carbons (Fsp3) is 0.167. The topological polar surface area (TPSA) is 52.2 Å². The van der Waals surface area contributed by atoms with E-state index in [1.54, 1.807) is 0 Å². The first-order valence-electron chi connectivity index (χ1n) is 5.23. The molecule has 2 rings (SSSR count). The van der Waals surface area contributed by atoms with Gasteiger partial charge in [0, 0.05) is 6.07 Å². The molecule has 0 saturated carbocycles. The molecule has 0 saturated heterocycles. The molecule has 0 radical (unpaired) electrons. The van der Waals surface area contributed by atoms with Crippen LogP contribution < -0.4 is 5.56 Å². The summed E-state index contributed by atoms with van der Waals surface area (Å²) in [6, 6.07) is 5.55. The Bertz CT molecular complexity index is 655. The van der Waals surface area contributed by atoms with E-state index in [1.807, 2.05) is 0 Å². The Kier molecular flexibility index (Phi) is 3.28. The van der Waals surface area contributed by atoms with Gasteiger partial charge in [-0.2, -0.15) is 13.2 Å². The van der Waals surface area contributed by atoms with Crippen molar-refractivity contribution in [2.45, 2.75) is 12.7 Å². The fourth-order valence-electron chi connectivity index (χ4n) is 1.63. The average Bonchev–Trinajstić information content (AvgIpc) is 2.78. The van der Waals surface area contributed by atoms with Crippen molar-refractivity contribution in [2.75, 3.05) is 0 Å². The van der Waals surface area contributed by atoms with E-state index in [0.29, 0.717) is 10.9 Å². The molecule has 0 N–H and O–H groups in total. The van der Waals surface area contributed by atoms with Gasteiger partial charge in [-0.3, -0.25) is 14.2 Å². The van der Waals surface area contributed by atoms with E-state index >= 15 is 0 Å². The molecule has 0 aromatic carbocycles. The molecule has 0 atom stereocenters. The van der Waals surface area contributed by atoms with E-state index in [1.165, 1.54) is 12.1 Å². The molecule has 2 heterocycles. The number of carbonyl (C=O) groups is 1. The van der Waals surface area contributed by atoms with Crippen molar-refractivity contribution in [2.24, 2.45) is 0 Å². The van der Waals surface area contributed by atoms with Gasteiger partial charge in [-0.1, -0.05) is 6.07 Å². The maximum Gasteiger partial charge on any atom is 0.431 e. The zero-order valence-electron chi connectivity index (χ0n) is 9.48. The molecule has 0 spiro atoms. The third-order valence-electron chi connectivity index (χ3n) is 2.45. The number of halogens is 3. The van der Waals surface area contributed by atoms with Gasteiger partial charge < -0.3 is 4.42 Å². The molecular formula is C12H8F3NO3. The number of alkyl halides is 3. The minimum atomic E-state index is -4.64. The van der Waals surface area contributed by atoms with Gasteiger partial charge in [0.2, 0.25) is 0 Å². The van der Waals surface area contributed by atoms with E-state index < -0.39 is 17.4 Å². The van der Waals surface area contributed by atoms with E-state index in [4.69, 9.17) is 4.42 Å². The van der Waals surface area contributed by atoms with Gasteiger partial charge in [-0.15, -0.1) is 0 Å². The van der Waals surface area contributed by atoms with Crippen molar-refractivity contribution in [1.82, 2.24) is 4.57 Å². The zero-order chi connectivity index (χ0) is 14.0. The van der Waals surface area contributed by atoms with E-state index in [-0.39, 0.29) is 18.1 Å². The van der Waals surface area contributed by atoms with E-state index in [2.05, 4.69) is 0 Å². The van der Waals surface area contributed by atoms with Crippen LogP contribution in [-0.2, 0) is 12.7 Å². The van der Waals surface area contributed by atoms with Crippen molar-refractivity contribution in [1.29, 1.82) is 0 Å². The summed E-state index contributed by atoms with van der Waals surface area (Å²) >= 11 is 0. The summed E-state index contributed by atoms with van der Waals surface area (Å²) in [6.45, 7) is -0.387. The Hall–Kier alpha value is -2.31. The van der Waals surface area contributed by atoms with Crippen LogP contribution in [-0.4, -0.2) is 10.9 Å². The molecule has 4 nitrogen and oxygen atoms in total. The quantitative estimate of drug-likeness (QED) is 0.805.